The number of nitriles is 1. The predicted octanol–water partition coefficient (Wildman–Crippen LogP) is 3.95. The first-order chi connectivity index (χ1) is 18.5. The van der Waals surface area contributed by atoms with E-state index in [1.165, 1.54) is 6.33 Å². The van der Waals surface area contributed by atoms with E-state index in [0.717, 1.165) is 6.42 Å². The molecule has 218 valence electrons. The second kappa shape index (κ2) is 16.0. The number of amides is 1. The summed E-state index contributed by atoms with van der Waals surface area (Å²) < 4.78 is 28.0. The van der Waals surface area contributed by atoms with Gasteiger partial charge < -0.3 is 18.5 Å². The fraction of sp³-hybridized carbons (Fsp3) is 0.720. The largest absolute Gasteiger partial charge is 0.374 e. The Balaban J connectivity index is 2.42. The van der Waals surface area contributed by atoms with Gasteiger partial charge in [-0.1, -0.05) is 20.8 Å². The summed E-state index contributed by atoms with van der Waals surface area (Å²) in [5, 5.41) is 11.6. The number of nitrogens with one attached hydrogen (secondary N) is 2. The van der Waals surface area contributed by atoms with Gasteiger partial charge in [0.2, 0.25) is 11.9 Å². The van der Waals surface area contributed by atoms with Crippen molar-refractivity contribution in [1.29, 1.82) is 5.26 Å². The molecule has 0 spiro atoms. The Kier molecular flexibility index (Phi) is 13.4. The van der Waals surface area contributed by atoms with Gasteiger partial charge in [0.15, 0.2) is 17.4 Å². The lowest BCUT2D eigenvalue weighted by Gasteiger charge is -2.36. The van der Waals surface area contributed by atoms with E-state index < -0.39 is 26.4 Å². The van der Waals surface area contributed by atoms with Crippen LogP contribution in [-0.2, 0) is 23.3 Å². The summed E-state index contributed by atoms with van der Waals surface area (Å²) in [6.45, 7) is 14.5. The molecule has 13 nitrogen and oxygen atoms in total. The van der Waals surface area contributed by atoms with Gasteiger partial charge in [0.25, 0.3) is 14.1 Å². The number of hydrogen-bond donors (Lipinski definition) is 2. The molecule has 14 heteroatoms. The van der Waals surface area contributed by atoms with Crippen molar-refractivity contribution < 1.29 is 23.3 Å². The van der Waals surface area contributed by atoms with Crippen molar-refractivity contribution in [3.63, 3.8) is 0 Å². The molecule has 0 aromatic carbocycles. The highest BCUT2D eigenvalue weighted by Crippen LogP contribution is 2.46. The average Bonchev–Trinajstić information content (AvgIpc) is 3.29. The van der Waals surface area contributed by atoms with Crippen molar-refractivity contribution in [2.24, 2.45) is 5.92 Å². The fourth-order valence-corrected chi connectivity index (χ4v) is 5.37. The van der Waals surface area contributed by atoms with Crippen LogP contribution < -0.4 is 10.9 Å². The quantitative estimate of drug-likeness (QED) is 0.212. The molecule has 0 fully saturated rings. The van der Waals surface area contributed by atoms with Gasteiger partial charge in [0.1, 0.15) is 6.10 Å². The first-order valence-electron chi connectivity index (χ1n) is 13.2. The van der Waals surface area contributed by atoms with E-state index in [4.69, 9.17) is 23.8 Å². The highest BCUT2D eigenvalue weighted by Gasteiger charge is 2.32. The summed E-state index contributed by atoms with van der Waals surface area (Å²) in [4.78, 5) is 36.2. The van der Waals surface area contributed by atoms with Gasteiger partial charge in [0.05, 0.1) is 32.0 Å². The highest BCUT2D eigenvalue weighted by molar-refractivity contribution is 7.44. The van der Waals surface area contributed by atoms with Crippen LogP contribution in [0.2, 0.25) is 0 Å². The number of H-pyrrole nitrogens is 1. The number of methoxy groups -OCH3 is 1. The van der Waals surface area contributed by atoms with E-state index in [1.54, 1.807) is 25.5 Å². The molecule has 2 aromatic heterocycles. The molecule has 0 aliphatic carbocycles. The van der Waals surface area contributed by atoms with Gasteiger partial charge in [-0.2, -0.15) is 10.2 Å². The van der Waals surface area contributed by atoms with E-state index >= 15 is 0 Å². The zero-order chi connectivity index (χ0) is 29.1. The average molecular weight is 568 g/mol. The lowest BCUT2D eigenvalue weighted by atomic mass is 10.2. The van der Waals surface area contributed by atoms with Crippen molar-refractivity contribution in [1.82, 2.24) is 24.2 Å². The van der Waals surface area contributed by atoms with Gasteiger partial charge in [0, 0.05) is 31.7 Å². The number of rotatable bonds is 17. The monoisotopic (exact) mass is 567 g/mol. The third-order valence-electron chi connectivity index (χ3n) is 5.60. The number of aromatic nitrogens is 4. The fourth-order valence-electron chi connectivity index (χ4n) is 3.76. The van der Waals surface area contributed by atoms with Crippen molar-refractivity contribution in [3.05, 3.63) is 16.7 Å². The van der Waals surface area contributed by atoms with E-state index in [-0.39, 0.29) is 60.7 Å². The molecule has 2 N–H and O–H groups in total. The SMILES string of the molecule is CCCO[C@H]([C@@H](COP(OCCC#N)N(C(C)C)C(C)C)OC)n1cnc2c(=O)[nH]c(NC(=O)C(C)C)nc21. The Morgan fingerprint density at radius 3 is 2.46 bits per heavy atom. The van der Waals surface area contributed by atoms with Crippen LogP contribution in [0, 0.1) is 17.2 Å². The molecule has 0 aliphatic rings. The topological polar surface area (TPSA) is 157 Å². The van der Waals surface area contributed by atoms with Crippen LogP contribution in [0.5, 0.6) is 0 Å². The number of ether oxygens (including phenoxy) is 2. The minimum Gasteiger partial charge on any atom is -0.374 e. The van der Waals surface area contributed by atoms with Crippen LogP contribution >= 0.6 is 8.53 Å². The molecule has 0 saturated heterocycles. The molecule has 1 unspecified atom stereocenters. The summed E-state index contributed by atoms with van der Waals surface area (Å²) in [6, 6.07) is 2.37. The molecule has 39 heavy (non-hydrogen) atoms. The van der Waals surface area contributed by atoms with Crippen LogP contribution in [0.4, 0.5) is 5.95 Å². The Hall–Kier alpha value is -2.46. The van der Waals surface area contributed by atoms with Crippen LogP contribution in [0.1, 0.15) is 67.5 Å². The van der Waals surface area contributed by atoms with Crippen molar-refractivity contribution in [2.75, 3.05) is 32.2 Å². The van der Waals surface area contributed by atoms with Crippen molar-refractivity contribution >= 4 is 31.5 Å². The maximum absolute atomic E-state index is 12.7. The van der Waals surface area contributed by atoms with E-state index in [9.17, 15) is 9.59 Å². The van der Waals surface area contributed by atoms with Crippen LogP contribution in [-0.4, -0.2) is 75.2 Å². The number of aromatic amines is 1. The second-order valence-corrected chi connectivity index (χ2v) is 11.2. The standard InChI is InChI=1S/C25H42N7O6P/c1-9-12-36-24(19(35-8)14-38-39(37-13-10-11-26)32(17(4)5)18(6)7)31-15-27-20-21(31)28-25(30-23(20)34)29-22(33)16(2)3/h15-19,24H,9-10,12-14H2,1-8H3,(H2,28,29,30,33,34)/t19-,24-,39?/m1/s1. The van der Waals surface area contributed by atoms with Gasteiger partial charge in [-0.15, -0.1) is 0 Å². The van der Waals surface area contributed by atoms with E-state index in [1.807, 2.05) is 6.92 Å². The maximum atomic E-state index is 12.7. The van der Waals surface area contributed by atoms with Crippen molar-refractivity contribution in [2.45, 2.75) is 85.7 Å². The third-order valence-corrected chi connectivity index (χ3v) is 7.67. The third kappa shape index (κ3) is 9.03. The number of carbonyl (C=O) groups is 1. The Bertz CT molecular complexity index is 1140. The molecule has 3 atom stereocenters. The van der Waals surface area contributed by atoms with E-state index in [0.29, 0.717) is 6.61 Å². The summed E-state index contributed by atoms with van der Waals surface area (Å²) >= 11 is 0. The van der Waals surface area contributed by atoms with Gasteiger partial charge in [-0.25, -0.2) is 9.65 Å². The van der Waals surface area contributed by atoms with Crippen LogP contribution in [0.3, 0.4) is 0 Å². The van der Waals surface area contributed by atoms with Gasteiger partial charge in [-0.3, -0.25) is 24.5 Å². The van der Waals surface area contributed by atoms with Gasteiger partial charge in [-0.05, 0) is 34.1 Å². The zero-order valence-corrected chi connectivity index (χ0v) is 25.0. The minimum atomic E-state index is -1.51. The first-order valence-corrected chi connectivity index (χ1v) is 14.3. The van der Waals surface area contributed by atoms with Crippen LogP contribution in [0.15, 0.2) is 11.1 Å². The lowest BCUT2D eigenvalue weighted by Crippen LogP contribution is -2.36. The number of imidazole rings is 1. The molecule has 0 radical (unpaired) electrons. The Morgan fingerprint density at radius 2 is 1.90 bits per heavy atom. The number of anilines is 1. The lowest BCUT2D eigenvalue weighted by molar-refractivity contribution is -0.118. The zero-order valence-electron chi connectivity index (χ0n) is 24.1. The molecule has 0 aliphatic heterocycles. The molecular weight excluding hydrogens is 525 g/mol. The molecule has 1 amide bonds. The van der Waals surface area contributed by atoms with Crippen molar-refractivity contribution in [3.8, 4) is 6.07 Å². The normalized spacial score (nSPS) is 14.3. The number of nitrogens with zero attached hydrogens (tertiary/aromatic N) is 5. The minimum absolute atomic E-state index is 0.0198. The predicted molar refractivity (Wildman–Crippen MR) is 149 cm³/mol. The summed E-state index contributed by atoms with van der Waals surface area (Å²) in [5.74, 6) is -0.561. The van der Waals surface area contributed by atoms with Gasteiger partial charge >= 0.3 is 0 Å². The summed E-state index contributed by atoms with van der Waals surface area (Å²) in [6.07, 6.45) is 1.08. The summed E-state index contributed by atoms with van der Waals surface area (Å²) in [5.41, 5.74) is -0.151. The number of hydrogen-bond acceptors (Lipinski definition) is 10. The molecule has 2 rings (SSSR count). The smallest absolute Gasteiger partial charge is 0.280 e. The molecule has 2 heterocycles. The Labute approximate surface area is 231 Å². The maximum Gasteiger partial charge on any atom is 0.280 e. The first kappa shape index (κ1) is 32.8. The van der Waals surface area contributed by atoms with Crippen LogP contribution in [0.25, 0.3) is 11.2 Å². The molecule has 0 bridgehead atoms. The number of carbonyl (C=O) groups excluding carboxylic acids is 1. The molecule has 0 saturated carbocycles. The summed E-state index contributed by atoms with van der Waals surface area (Å²) in [7, 11) is 0.0416. The molecule has 2 aromatic rings. The van der Waals surface area contributed by atoms with E-state index in [2.05, 4.69) is 58.7 Å². The second-order valence-electron chi connectivity index (χ2n) is 9.76. The number of fused-ring (bicyclic) bond motifs is 1. The highest BCUT2D eigenvalue weighted by atomic mass is 31.2. The molecular formula is C25H42N7O6P. The Morgan fingerprint density at radius 1 is 1.21 bits per heavy atom.